The largest absolute Gasteiger partial charge is 0.325 e. The minimum absolute atomic E-state index is 0.0438. The topological polar surface area (TPSA) is 32.3 Å². The Morgan fingerprint density at radius 1 is 1.19 bits per heavy atom. The second-order valence-electron chi connectivity index (χ2n) is 7.47. The Balaban J connectivity index is 2.00. The summed E-state index contributed by atoms with van der Waals surface area (Å²) < 4.78 is 0. The average Bonchev–Trinajstić information content (AvgIpc) is 2.67. The number of rotatable bonds is 6. The normalized spacial score (nSPS) is 30.7. The molecule has 0 aromatic rings. The van der Waals surface area contributed by atoms with E-state index < -0.39 is 0 Å². The number of amides is 1. The number of hydrogen-bond acceptors (Lipinski definition) is 3. The predicted octanol–water partition coefficient (Wildman–Crippen LogP) is 3.49. The Kier molecular flexibility index (Phi) is 6.42. The van der Waals surface area contributed by atoms with Crippen LogP contribution < -0.4 is 5.32 Å². The summed E-state index contributed by atoms with van der Waals surface area (Å²) in [6.45, 7) is 9.84. The lowest BCUT2D eigenvalue weighted by Gasteiger charge is -2.31. The van der Waals surface area contributed by atoms with Gasteiger partial charge in [0.25, 0.3) is 0 Å². The number of thioether (sulfide) groups is 1. The van der Waals surface area contributed by atoms with Crippen LogP contribution in [0, 0.1) is 11.8 Å². The van der Waals surface area contributed by atoms with Crippen LogP contribution in [0.15, 0.2) is 0 Å². The summed E-state index contributed by atoms with van der Waals surface area (Å²) in [5, 5.41) is 4.26. The summed E-state index contributed by atoms with van der Waals surface area (Å²) in [6, 6.07) is 0.0438. The van der Waals surface area contributed by atoms with Gasteiger partial charge in [0.2, 0.25) is 5.91 Å². The van der Waals surface area contributed by atoms with Crippen LogP contribution in [0.25, 0.3) is 0 Å². The molecule has 0 saturated carbocycles. The number of nitrogens with one attached hydrogen (secondary N) is 1. The zero-order chi connectivity index (χ0) is 15.4. The Morgan fingerprint density at radius 2 is 1.90 bits per heavy atom. The lowest BCUT2D eigenvalue weighted by molar-refractivity contribution is -0.130. The van der Waals surface area contributed by atoms with Crippen molar-refractivity contribution in [2.24, 2.45) is 11.8 Å². The molecule has 0 bridgehead atoms. The van der Waals surface area contributed by atoms with Gasteiger partial charge in [-0.05, 0) is 43.3 Å². The van der Waals surface area contributed by atoms with Gasteiger partial charge in [0.1, 0.15) is 0 Å². The SMILES string of the molecule is CC(C)CC1NC(CC(C)C)N(CC2CCCCS2)C1=O. The predicted molar refractivity (Wildman–Crippen MR) is 91.4 cm³/mol. The molecule has 2 rings (SSSR count). The van der Waals surface area contributed by atoms with Crippen LogP contribution in [0.4, 0.5) is 0 Å². The molecular formula is C17H32N2OS. The molecule has 0 aromatic carbocycles. The summed E-state index contributed by atoms with van der Waals surface area (Å²) >= 11 is 2.07. The Hall–Kier alpha value is -0.220. The molecule has 2 aliphatic rings. The van der Waals surface area contributed by atoms with Crippen molar-refractivity contribution in [1.82, 2.24) is 10.2 Å². The minimum Gasteiger partial charge on any atom is -0.325 e. The fraction of sp³-hybridized carbons (Fsp3) is 0.941. The summed E-state index contributed by atoms with van der Waals surface area (Å²) in [5.74, 6) is 2.80. The second-order valence-corrected chi connectivity index (χ2v) is 8.88. The summed E-state index contributed by atoms with van der Waals surface area (Å²) in [5.41, 5.74) is 0. The van der Waals surface area contributed by atoms with Crippen molar-refractivity contribution in [3.63, 3.8) is 0 Å². The van der Waals surface area contributed by atoms with Crippen molar-refractivity contribution in [2.75, 3.05) is 12.3 Å². The van der Waals surface area contributed by atoms with Gasteiger partial charge < -0.3 is 4.90 Å². The van der Waals surface area contributed by atoms with Crippen molar-refractivity contribution >= 4 is 17.7 Å². The average molecular weight is 313 g/mol. The van der Waals surface area contributed by atoms with E-state index in [1.807, 2.05) is 0 Å². The highest BCUT2D eigenvalue weighted by molar-refractivity contribution is 7.99. The fourth-order valence-corrected chi connectivity index (χ4v) is 4.72. The molecule has 3 unspecified atom stereocenters. The quantitative estimate of drug-likeness (QED) is 0.815. The first-order valence-electron chi connectivity index (χ1n) is 8.65. The first-order valence-corrected chi connectivity index (χ1v) is 9.70. The molecule has 1 N–H and O–H groups in total. The number of nitrogens with zero attached hydrogens (tertiary/aromatic N) is 1. The highest BCUT2D eigenvalue weighted by Crippen LogP contribution is 2.29. The lowest BCUT2D eigenvalue weighted by Crippen LogP contribution is -2.42. The molecule has 2 saturated heterocycles. The Morgan fingerprint density at radius 3 is 2.48 bits per heavy atom. The van der Waals surface area contributed by atoms with Crippen molar-refractivity contribution in [3.8, 4) is 0 Å². The molecule has 1 amide bonds. The first-order chi connectivity index (χ1) is 9.97. The third-order valence-electron chi connectivity index (χ3n) is 4.43. The van der Waals surface area contributed by atoms with Gasteiger partial charge in [0.15, 0.2) is 0 Å². The third-order valence-corrected chi connectivity index (χ3v) is 5.81. The molecule has 0 aliphatic carbocycles. The van der Waals surface area contributed by atoms with Crippen molar-refractivity contribution in [2.45, 2.75) is 77.3 Å². The minimum atomic E-state index is 0.0438. The molecule has 21 heavy (non-hydrogen) atoms. The van der Waals surface area contributed by atoms with Crippen LogP contribution in [0.5, 0.6) is 0 Å². The molecule has 122 valence electrons. The van der Waals surface area contributed by atoms with Crippen LogP contribution in [-0.2, 0) is 4.79 Å². The van der Waals surface area contributed by atoms with E-state index in [0.29, 0.717) is 23.0 Å². The van der Waals surface area contributed by atoms with Gasteiger partial charge in [-0.25, -0.2) is 0 Å². The van der Waals surface area contributed by atoms with E-state index in [2.05, 4.69) is 49.7 Å². The molecule has 2 fully saturated rings. The van der Waals surface area contributed by atoms with Gasteiger partial charge in [0.05, 0.1) is 12.2 Å². The molecule has 0 aromatic heterocycles. The van der Waals surface area contributed by atoms with Gasteiger partial charge in [-0.3, -0.25) is 10.1 Å². The lowest BCUT2D eigenvalue weighted by atomic mass is 10.0. The second kappa shape index (κ2) is 7.87. The molecule has 0 radical (unpaired) electrons. The van der Waals surface area contributed by atoms with Crippen LogP contribution in [-0.4, -0.2) is 40.6 Å². The van der Waals surface area contributed by atoms with Gasteiger partial charge in [0, 0.05) is 11.8 Å². The zero-order valence-corrected chi connectivity index (χ0v) is 14.9. The van der Waals surface area contributed by atoms with E-state index in [4.69, 9.17) is 0 Å². The molecule has 0 spiro atoms. The molecule has 4 heteroatoms. The Bertz CT molecular complexity index is 340. The summed E-state index contributed by atoms with van der Waals surface area (Å²) in [4.78, 5) is 14.9. The first kappa shape index (κ1) is 17.1. The maximum atomic E-state index is 12.8. The van der Waals surface area contributed by atoms with Gasteiger partial charge in [-0.15, -0.1) is 0 Å². The molecular weight excluding hydrogens is 280 g/mol. The van der Waals surface area contributed by atoms with Crippen LogP contribution in [0.3, 0.4) is 0 Å². The van der Waals surface area contributed by atoms with Crippen LogP contribution in [0.1, 0.15) is 59.8 Å². The highest BCUT2D eigenvalue weighted by atomic mass is 32.2. The van der Waals surface area contributed by atoms with E-state index in [-0.39, 0.29) is 12.2 Å². The maximum absolute atomic E-state index is 12.8. The fourth-order valence-electron chi connectivity index (χ4n) is 3.42. The maximum Gasteiger partial charge on any atom is 0.241 e. The van der Waals surface area contributed by atoms with Gasteiger partial charge in [-0.2, -0.15) is 11.8 Å². The number of hydrogen-bond donors (Lipinski definition) is 1. The van der Waals surface area contributed by atoms with E-state index in [0.717, 1.165) is 19.4 Å². The van der Waals surface area contributed by atoms with E-state index in [1.54, 1.807) is 0 Å². The standard InChI is InChI=1S/C17H32N2OS/c1-12(2)9-15-17(20)19(16(18-15)10-13(3)4)11-14-7-5-6-8-21-14/h12-16,18H,5-11H2,1-4H3. The molecule has 3 nitrogen and oxygen atoms in total. The Labute approximate surface area is 134 Å². The van der Waals surface area contributed by atoms with E-state index in [9.17, 15) is 4.79 Å². The number of carbonyl (C=O) groups excluding carboxylic acids is 1. The van der Waals surface area contributed by atoms with Gasteiger partial charge in [-0.1, -0.05) is 34.1 Å². The zero-order valence-electron chi connectivity index (χ0n) is 14.1. The van der Waals surface area contributed by atoms with Crippen molar-refractivity contribution in [3.05, 3.63) is 0 Å². The van der Waals surface area contributed by atoms with Crippen LogP contribution in [0.2, 0.25) is 0 Å². The smallest absolute Gasteiger partial charge is 0.241 e. The molecule has 2 heterocycles. The monoisotopic (exact) mass is 312 g/mol. The van der Waals surface area contributed by atoms with E-state index in [1.165, 1.54) is 25.0 Å². The molecule has 2 aliphatic heterocycles. The van der Waals surface area contributed by atoms with E-state index >= 15 is 0 Å². The van der Waals surface area contributed by atoms with Gasteiger partial charge >= 0.3 is 0 Å². The van der Waals surface area contributed by atoms with Crippen molar-refractivity contribution < 1.29 is 4.79 Å². The molecule has 3 atom stereocenters. The summed E-state index contributed by atoms with van der Waals surface area (Å²) in [6.07, 6.45) is 6.23. The highest BCUT2D eigenvalue weighted by Gasteiger charge is 2.39. The van der Waals surface area contributed by atoms with Crippen molar-refractivity contribution in [1.29, 1.82) is 0 Å². The third kappa shape index (κ3) is 4.88. The van der Waals surface area contributed by atoms with Crippen LogP contribution >= 0.6 is 11.8 Å². The summed E-state index contributed by atoms with van der Waals surface area (Å²) in [7, 11) is 0. The number of carbonyl (C=O) groups is 1.